The molecule has 158 valence electrons. The predicted octanol–water partition coefficient (Wildman–Crippen LogP) is 3.17. The lowest BCUT2D eigenvalue weighted by molar-refractivity contribution is -0.123. The molecule has 0 aromatic heterocycles. The molecule has 2 saturated carbocycles. The Hall–Kier alpha value is -1.95. The fourth-order valence-electron chi connectivity index (χ4n) is 4.52. The summed E-state index contributed by atoms with van der Waals surface area (Å²) in [5, 5.41) is 6.09. The monoisotopic (exact) mass is 401 g/mol. The molecule has 1 saturated heterocycles. The third kappa shape index (κ3) is 5.16. The Balaban J connectivity index is 1.33. The molecule has 0 bridgehead atoms. The molecular weight excluding hydrogens is 369 g/mol. The number of carbonyl (C=O) groups is 2. The molecule has 2 amide bonds. The van der Waals surface area contributed by atoms with Gasteiger partial charge in [0.1, 0.15) is 5.82 Å². The highest BCUT2D eigenvalue weighted by molar-refractivity contribution is 5.94. The molecule has 2 atom stereocenters. The maximum Gasteiger partial charge on any atom is 0.254 e. The number of nitrogens with zero attached hydrogens (tertiary/aromatic N) is 1. The molecule has 6 heteroatoms. The number of nitrogens with one attached hydrogen (secondary N) is 2. The minimum atomic E-state index is -0.486. The summed E-state index contributed by atoms with van der Waals surface area (Å²) in [7, 11) is 0. The van der Waals surface area contributed by atoms with E-state index in [1.165, 1.54) is 25.3 Å². The Kier molecular flexibility index (Phi) is 6.18. The lowest BCUT2D eigenvalue weighted by atomic mass is 9.93. The molecule has 3 aliphatic rings. The van der Waals surface area contributed by atoms with Crippen molar-refractivity contribution < 1.29 is 14.0 Å². The lowest BCUT2D eigenvalue weighted by Gasteiger charge is -2.31. The number of likely N-dealkylation sites (tertiary alicyclic amines) is 1. The summed E-state index contributed by atoms with van der Waals surface area (Å²) in [4.78, 5) is 27.4. The smallest absolute Gasteiger partial charge is 0.254 e. The van der Waals surface area contributed by atoms with Crippen molar-refractivity contribution >= 4 is 11.8 Å². The topological polar surface area (TPSA) is 61.4 Å². The lowest BCUT2D eigenvalue weighted by Crippen LogP contribution is -2.47. The van der Waals surface area contributed by atoms with Gasteiger partial charge in [0.05, 0.1) is 5.56 Å². The summed E-state index contributed by atoms with van der Waals surface area (Å²) in [6, 6.07) is 5.44. The highest BCUT2D eigenvalue weighted by Gasteiger charge is 2.38. The van der Waals surface area contributed by atoms with Gasteiger partial charge in [0.2, 0.25) is 5.91 Å². The molecule has 29 heavy (non-hydrogen) atoms. The van der Waals surface area contributed by atoms with Gasteiger partial charge in [-0.3, -0.25) is 14.5 Å². The number of rotatable bonds is 8. The molecule has 1 aliphatic heterocycles. The van der Waals surface area contributed by atoms with Crippen molar-refractivity contribution in [3.63, 3.8) is 0 Å². The summed E-state index contributed by atoms with van der Waals surface area (Å²) in [5.41, 5.74) is 0.971. The number of benzene rings is 1. The van der Waals surface area contributed by atoms with Crippen LogP contribution in [0.3, 0.4) is 0 Å². The standard InChI is InChI=1S/C23H32FN3O2/c1-15-5-10-21(24)20(11-15)23(29)25-13-19-9-8-18(27(19)14-16-6-7-16)12-22(28)26-17-3-2-4-17/h5,10-11,16-19H,2-4,6-9,12-14H2,1H3,(H,25,29)(H,26,28)/t18-,19+/m1/s1. The van der Waals surface area contributed by atoms with Gasteiger partial charge in [-0.2, -0.15) is 0 Å². The van der Waals surface area contributed by atoms with E-state index in [-0.39, 0.29) is 29.5 Å². The van der Waals surface area contributed by atoms with E-state index in [1.807, 2.05) is 6.92 Å². The summed E-state index contributed by atoms with van der Waals surface area (Å²) in [6.45, 7) is 3.35. The first-order chi connectivity index (χ1) is 14.0. The Morgan fingerprint density at radius 2 is 1.86 bits per heavy atom. The van der Waals surface area contributed by atoms with Crippen molar-refractivity contribution in [1.82, 2.24) is 15.5 Å². The molecule has 1 heterocycles. The van der Waals surface area contributed by atoms with E-state index in [9.17, 15) is 14.0 Å². The van der Waals surface area contributed by atoms with Crippen LogP contribution >= 0.6 is 0 Å². The first kappa shape index (κ1) is 20.3. The van der Waals surface area contributed by atoms with Crippen LogP contribution in [-0.2, 0) is 4.79 Å². The van der Waals surface area contributed by atoms with E-state index in [2.05, 4.69) is 15.5 Å². The molecule has 4 rings (SSSR count). The number of hydrogen-bond donors (Lipinski definition) is 2. The zero-order chi connectivity index (χ0) is 20.4. The Morgan fingerprint density at radius 3 is 2.55 bits per heavy atom. The van der Waals surface area contributed by atoms with Crippen molar-refractivity contribution in [1.29, 1.82) is 0 Å². The summed E-state index contributed by atoms with van der Waals surface area (Å²) >= 11 is 0. The van der Waals surface area contributed by atoms with Crippen LogP contribution in [-0.4, -0.2) is 47.9 Å². The Labute approximate surface area is 172 Å². The van der Waals surface area contributed by atoms with Crippen LogP contribution in [0, 0.1) is 18.7 Å². The van der Waals surface area contributed by atoms with Crippen molar-refractivity contribution in [2.75, 3.05) is 13.1 Å². The Morgan fingerprint density at radius 1 is 1.10 bits per heavy atom. The summed E-state index contributed by atoms with van der Waals surface area (Å²) in [6.07, 6.45) is 8.41. The quantitative estimate of drug-likeness (QED) is 0.703. The number of aryl methyl sites for hydroxylation is 1. The largest absolute Gasteiger partial charge is 0.353 e. The fraction of sp³-hybridized carbons (Fsp3) is 0.652. The first-order valence-electron chi connectivity index (χ1n) is 11.1. The van der Waals surface area contributed by atoms with Gasteiger partial charge >= 0.3 is 0 Å². The van der Waals surface area contributed by atoms with Crippen molar-refractivity contribution in [3.05, 3.63) is 35.1 Å². The van der Waals surface area contributed by atoms with Crippen LogP contribution in [0.2, 0.25) is 0 Å². The zero-order valence-electron chi connectivity index (χ0n) is 17.3. The molecule has 2 N–H and O–H groups in total. The highest BCUT2D eigenvalue weighted by Crippen LogP contribution is 2.35. The van der Waals surface area contributed by atoms with E-state index >= 15 is 0 Å². The van der Waals surface area contributed by atoms with Gasteiger partial charge < -0.3 is 10.6 Å². The first-order valence-corrected chi connectivity index (χ1v) is 11.1. The van der Waals surface area contributed by atoms with E-state index < -0.39 is 5.82 Å². The van der Waals surface area contributed by atoms with E-state index in [1.54, 1.807) is 12.1 Å². The third-order valence-electron chi connectivity index (χ3n) is 6.69. The summed E-state index contributed by atoms with van der Waals surface area (Å²) < 4.78 is 14.0. The van der Waals surface area contributed by atoms with Gasteiger partial charge in [0.25, 0.3) is 5.91 Å². The number of carbonyl (C=O) groups excluding carboxylic acids is 2. The third-order valence-corrected chi connectivity index (χ3v) is 6.69. The highest BCUT2D eigenvalue weighted by atomic mass is 19.1. The van der Waals surface area contributed by atoms with Gasteiger partial charge in [-0.25, -0.2) is 4.39 Å². The SMILES string of the molecule is Cc1ccc(F)c(C(=O)NC[C@@H]2CC[C@H](CC(=O)NC3CCC3)N2CC2CC2)c1. The average molecular weight is 402 g/mol. The molecule has 0 radical (unpaired) electrons. The second kappa shape index (κ2) is 8.82. The molecule has 0 spiro atoms. The fourth-order valence-corrected chi connectivity index (χ4v) is 4.52. The Bertz CT molecular complexity index is 760. The molecule has 2 aliphatic carbocycles. The number of amides is 2. The van der Waals surface area contributed by atoms with Gasteiger partial charge in [-0.1, -0.05) is 11.6 Å². The maximum atomic E-state index is 14.0. The maximum absolute atomic E-state index is 14.0. The van der Waals surface area contributed by atoms with Crippen LogP contribution in [0.4, 0.5) is 4.39 Å². The van der Waals surface area contributed by atoms with Crippen LogP contribution < -0.4 is 10.6 Å². The number of halogens is 1. The van der Waals surface area contributed by atoms with E-state index in [0.29, 0.717) is 19.0 Å². The second-order valence-corrected chi connectivity index (χ2v) is 9.12. The minimum absolute atomic E-state index is 0.105. The van der Waals surface area contributed by atoms with E-state index in [4.69, 9.17) is 0 Å². The van der Waals surface area contributed by atoms with Crippen molar-refractivity contribution in [2.45, 2.75) is 76.4 Å². The van der Waals surface area contributed by atoms with Crippen LogP contribution in [0.25, 0.3) is 0 Å². The zero-order valence-corrected chi connectivity index (χ0v) is 17.3. The molecular formula is C23H32FN3O2. The predicted molar refractivity (Wildman–Crippen MR) is 110 cm³/mol. The molecule has 3 fully saturated rings. The number of hydrogen-bond acceptors (Lipinski definition) is 3. The van der Waals surface area contributed by atoms with Crippen LogP contribution in [0.15, 0.2) is 18.2 Å². The van der Waals surface area contributed by atoms with Crippen molar-refractivity contribution in [3.8, 4) is 0 Å². The second-order valence-electron chi connectivity index (χ2n) is 9.12. The van der Waals surface area contributed by atoms with Gasteiger partial charge in [0, 0.05) is 37.6 Å². The van der Waals surface area contributed by atoms with Crippen molar-refractivity contribution in [2.24, 2.45) is 5.92 Å². The molecule has 5 nitrogen and oxygen atoms in total. The molecule has 1 aromatic carbocycles. The van der Waals surface area contributed by atoms with Crippen LogP contribution in [0.5, 0.6) is 0 Å². The van der Waals surface area contributed by atoms with Gasteiger partial charge in [-0.05, 0) is 69.9 Å². The van der Waals surface area contributed by atoms with Gasteiger partial charge in [0.15, 0.2) is 0 Å². The average Bonchev–Trinajstić information content (AvgIpc) is 3.41. The van der Waals surface area contributed by atoms with Gasteiger partial charge in [-0.15, -0.1) is 0 Å². The van der Waals surface area contributed by atoms with Crippen LogP contribution in [0.1, 0.15) is 67.3 Å². The normalized spacial score (nSPS) is 24.9. The summed E-state index contributed by atoms with van der Waals surface area (Å²) in [5.74, 6) is 0.0355. The minimum Gasteiger partial charge on any atom is -0.353 e. The molecule has 1 aromatic rings. The van der Waals surface area contributed by atoms with E-state index in [0.717, 1.165) is 43.7 Å². The molecule has 0 unspecified atom stereocenters.